The second-order valence-electron chi connectivity index (χ2n) is 2.92. The van der Waals surface area contributed by atoms with Crippen LogP contribution >= 0.6 is 0 Å². The molecule has 1 aromatic heterocycles. The molecule has 0 N–H and O–H groups in total. The van der Waals surface area contributed by atoms with Crippen LogP contribution in [0.15, 0.2) is 24.4 Å². The first-order valence-corrected chi connectivity index (χ1v) is 4.07. The third kappa shape index (κ3) is 1.45. The molecule has 1 heterocycles. The average Bonchev–Trinajstić information content (AvgIpc) is 2.16. The van der Waals surface area contributed by atoms with E-state index in [0.29, 0.717) is 6.01 Å². The first-order valence-electron chi connectivity index (χ1n) is 4.07. The highest BCUT2D eigenvalue weighted by Gasteiger charge is 1.98. The van der Waals surface area contributed by atoms with Crippen LogP contribution in [0.3, 0.4) is 0 Å². The lowest BCUT2D eigenvalue weighted by Crippen LogP contribution is -1.91. The van der Waals surface area contributed by atoms with Crippen molar-refractivity contribution in [3.05, 3.63) is 30.0 Å². The van der Waals surface area contributed by atoms with E-state index in [4.69, 9.17) is 4.74 Å². The number of aryl methyl sites for hydroxylation is 1. The molecule has 0 radical (unpaired) electrons. The maximum Gasteiger partial charge on any atom is 0.316 e. The summed E-state index contributed by atoms with van der Waals surface area (Å²) in [7, 11) is 1.57. The highest BCUT2D eigenvalue weighted by Crippen LogP contribution is 2.14. The lowest BCUT2D eigenvalue weighted by molar-refractivity contribution is 0.382. The molecule has 0 bridgehead atoms. The maximum absolute atomic E-state index is 4.94. The van der Waals surface area contributed by atoms with E-state index in [-0.39, 0.29) is 0 Å². The second kappa shape index (κ2) is 3.01. The lowest BCUT2D eigenvalue weighted by Gasteiger charge is -2.00. The van der Waals surface area contributed by atoms with Gasteiger partial charge in [0.1, 0.15) is 0 Å². The summed E-state index contributed by atoms with van der Waals surface area (Å²) in [5.74, 6) is 0. The first-order chi connectivity index (χ1) is 6.29. The molecular weight excluding hydrogens is 164 g/mol. The van der Waals surface area contributed by atoms with Gasteiger partial charge < -0.3 is 4.74 Å². The Morgan fingerprint density at radius 3 is 2.92 bits per heavy atom. The van der Waals surface area contributed by atoms with E-state index >= 15 is 0 Å². The molecular formula is C10H10N2O. The number of hydrogen-bond donors (Lipinski definition) is 0. The van der Waals surface area contributed by atoms with Gasteiger partial charge in [-0.25, -0.2) is 4.98 Å². The van der Waals surface area contributed by atoms with E-state index in [1.165, 1.54) is 5.56 Å². The van der Waals surface area contributed by atoms with E-state index in [0.717, 1.165) is 10.9 Å². The highest BCUT2D eigenvalue weighted by molar-refractivity contribution is 5.78. The SMILES string of the molecule is COc1ncc2ccc(C)cc2n1. The van der Waals surface area contributed by atoms with Crippen LogP contribution in [-0.2, 0) is 0 Å². The second-order valence-corrected chi connectivity index (χ2v) is 2.92. The van der Waals surface area contributed by atoms with Crippen LogP contribution in [-0.4, -0.2) is 17.1 Å². The van der Waals surface area contributed by atoms with E-state index in [2.05, 4.69) is 9.97 Å². The fraction of sp³-hybridized carbons (Fsp3) is 0.200. The maximum atomic E-state index is 4.94. The van der Waals surface area contributed by atoms with Crippen molar-refractivity contribution in [2.75, 3.05) is 7.11 Å². The van der Waals surface area contributed by atoms with Gasteiger partial charge in [0.05, 0.1) is 12.6 Å². The number of methoxy groups -OCH3 is 1. The Bertz CT molecular complexity index is 440. The Hall–Kier alpha value is -1.64. The van der Waals surface area contributed by atoms with Crippen molar-refractivity contribution < 1.29 is 4.74 Å². The third-order valence-corrected chi connectivity index (χ3v) is 1.90. The van der Waals surface area contributed by atoms with Crippen molar-refractivity contribution in [1.82, 2.24) is 9.97 Å². The van der Waals surface area contributed by atoms with Gasteiger partial charge in [0, 0.05) is 11.6 Å². The smallest absolute Gasteiger partial charge is 0.316 e. The van der Waals surface area contributed by atoms with Gasteiger partial charge in [-0.2, -0.15) is 4.98 Å². The van der Waals surface area contributed by atoms with Crippen LogP contribution in [0, 0.1) is 6.92 Å². The van der Waals surface area contributed by atoms with Crippen LogP contribution in [0.1, 0.15) is 5.56 Å². The summed E-state index contributed by atoms with van der Waals surface area (Å²) in [6.07, 6.45) is 1.76. The summed E-state index contributed by atoms with van der Waals surface area (Å²) in [5, 5.41) is 1.03. The summed E-state index contributed by atoms with van der Waals surface area (Å²) in [4.78, 5) is 8.24. The Morgan fingerprint density at radius 1 is 1.31 bits per heavy atom. The summed E-state index contributed by atoms with van der Waals surface area (Å²) in [6, 6.07) is 6.47. The molecule has 2 aromatic rings. The molecule has 0 spiro atoms. The number of ether oxygens (including phenoxy) is 1. The minimum atomic E-state index is 0.415. The monoisotopic (exact) mass is 174 g/mol. The Balaban J connectivity index is 2.68. The predicted octanol–water partition coefficient (Wildman–Crippen LogP) is 1.95. The summed E-state index contributed by atoms with van der Waals surface area (Å²) >= 11 is 0. The van der Waals surface area contributed by atoms with Crippen LogP contribution < -0.4 is 4.74 Å². The van der Waals surface area contributed by atoms with Gasteiger partial charge in [-0.05, 0) is 18.6 Å². The molecule has 0 saturated heterocycles. The molecule has 0 aliphatic heterocycles. The van der Waals surface area contributed by atoms with E-state index < -0.39 is 0 Å². The molecule has 3 nitrogen and oxygen atoms in total. The minimum absolute atomic E-state index is 0.415. The van der Waals surface area contributed by atoms with Crippen molar-refractivity contribution in [3.8, 4) is 6.01 Å². The van der Waals surface area contributed by atoms with Gasteiger partial charge in [-0.1, -0.05) is 12.1 Å². The summed E-state index contributed by atoms with van der Waals surface area (Å²) < 4.78 is 4.94. The molecule has 0 fully saturated rings. The number of fused-ring (bicyclic) bond motifs is 1. The Kier molecular flexibility index (Phi) is 1.85. The predicted molar refractivity (Wildman–Crippen MR) is 50.8 cm³/mol. The largest absolute Gasteiger partial charge is 0.467 e. The Morgan fingerprint density at radius 2 is 2.15 bits per heavy atom. The van der Waals surface area contributed by atoms with Gasteiger partial charge in [-0.15, -0.1) is 0 Å². The molecule has 0 aliphatic rings. The van der Waals surface area contributed by atoms with Crippen molar-refractivity contribution in [3.63, 3.8) is 0 Å². The summed E-state index contributed by atoms with van der Waals surface area (Å²) in [5.41, 5.74) is 2.11. The standard InChI is InChI=1S/C10H10N2O/c1-7-3-4-8-6-11-10(13-2)12-9(8)5-7/h3-6H,1-2H3. The van der Waals surface area contributed by atoms with Crippen molar-refractivity contribution in [2.45, 2.75) is 6.92 Å². The van der Waals surface area contributed by atoms with Gasteiger partial charge in [0.25, 0.3) is 0 Å². The molecule has 0 unspecified atom stereocenters. The molecule has 0 amide bonds. The number of rotatable bonds is 1. The van der Waals surface area contributed by atoms with Crippen LogP contribution in [0.25, 0.3) is 10.9 Å². The number of benzene rings is 1. The minimum Gasteiger partial charge on any atom is -0.467 e. The van der Waals surface area contributed by atoms with Crippen molar-refractivity contribution in [2.24, 2.45) is 0 Å². The molecule has 0 saturated carbocycles. The topological polar surface area (TPSA) is 35.0 Å². The Labute approximate surface area is 76.4 Å². The van der Waals surface area contributed by atoms with Gasteiger partial charge >= 0.3 is 6.01 Å². The molecule has 3 heteroatoms. The molecule has 13 heavy (non-hydrogen) atoms. The van der Waals surface area contributed by atoms with Crippen LogP contribution in [0.2, 0.25) is 0 Å². The van der Waals surface area contributed by atoms with Gasteiger partial charge in [-0.3, -0.25) is 0 Å². The number of aromatic nitrogens is 2. The van der Waals surface area contributed by atoms with Crippen LogP contribution in [0.4, 0.5) is 0 Å². The van der Waals surface area contributed by atoms with E-state index in [1.54, 1.807) is 13.3 Å². The van der Waals surface area contributed by atoms with Crippen molar-refractivity contribution in [1.29, 1.82) is 0 Å². The average molecular weight is 174 g/mol. The van der Waals surface area contributed by atoms with Crippen LogP contribution in [0.5, 0.6) is 6.01 Å². The number of nitrogens with zero attached hydrogens (tertiary/aromatic N) is 2. The van der Waals surface area contributed by atoms with Gasteiger partial charge in [0.15, 0.2) is 0 Å². The molecule has 0 aliphatic carbocycles. The fourth-order valence-electron chi connectivity index (χ4n) is 1.21. The first kappa shape index (κ1) is 7.98. The van der Waals surface area contributed by atoms with E-state index in [1.807, 2.05) is 25.1 Å². The number of hydrogen-bond acceptors (Lipinski definition) is 3. The summed E-state index contributed by atoms with van der Waals surface area (Å²) in [6.45, 7) is 2.04. The normalized spacial score (nSPS) is 10.3. The van der Waals surface area contributed by atoms with Gasteiger partial charge in [0.2, 0.25) is 0 Å². The molecule has 2 rings (SSSR count). The zero-order valence-electron chi connectivity index (χ0n) is 7.61. The zero-order valence-corrected chi connectivity index (χ0v) is 7.61. The lowest BCUT2D eigenvalue weighted by atomic mass is 10.2. The van der Waals surface area contributed by atoms with E-state index in [9.17, 15) is 0 Å². The third-order valence-electron chi connectivity index (χ3n) is 1.90. The highest BCUT2D eigenvalue weighted by atomic mass is 16.5. The quantitative estimate of drug-likeness (QED) is 0.662. The van der Waals surface area contributed by atoms with Crippen molar-refractivity contribution >= 4 is 10.9 Å². The molecule has 0 atom stereocenters. The molecule has 1 aromatic carbocycles. The zero-order chi connectivity index (χ0) is 9.26. The molecule has 66 valence electrons. The fourth-order valence-corrected chi connectivity index (χ4v) is 1.21.